The maximum absolute atomic E-state index is 13.2. The number of hydrogen-bond donors (Lipinski definition) is 0. The van der Waals surface area contributed by atoms with Gasteiger partial charge in [-0.05, 0) is 17.7 Å². The predicted octanol–water partition coefficient (Wildman–Crippen LogP) is 1.82. The summed E-state index contributed by atoms with van der Waals surface area (Å²) in [7, 11) is 4.21. The number of nitrogens with zero attached hydrogens (tertiary/aromatic N) is 1. The van der Waals surface area contributed by atoms with Crippen molar-refractivity contribution < 1.29 is 42.5 Å². The number of aromatic nitrogens is 1. The SMILES string of the molecule is COC(=O)c1c(C(=O)OC)c(C(=O)OC)n(Cc2ccc(F)cc2)c1C(=O)OC. The Balaban J connectivity index is 2.92. The van der Waals surface area contributed by atoms with Gasteiger partial charge in [0, 0.05) is 6.54 Å². The number of halogens is 1. The lowest BCUT2D eigenvalue weighted by molar-refractivity contribution is 0.0530. The lowest BCUT2D eigenvalue weighted by Gasteiger charge is -2.12. The second-order valence-electron chi connectivity index (χ2n) is 5.63. The van der Waals surface area contributed by atoms with Crippen LogP contribution in [0.25, 0.3) is 0 Å². The van der Waals surface area contributed by atoms with Crippen molar-refractivity contribution in [2.75, 3.05) is 28.4 Å². The monoisotopic (exact) mass is 407 g/mol. The van der Waals surface area contributed by atoms with Crippen LogP contribution in [-0.2, 0) is 25.5 Å². The second-order valence-corrected chi connectivity index (χ2v) is 5.63. The maximum atomic E-state index is 13.2. The zero-order valence-electron chi connectivity index (χ0n) is 16.1. The summed E-state index contributed by atoms with van der Waals surface area (Å²) < 4.78 is 33.2. The summed E-state index contributed by atoms with van der Waals surface area (Å²) in [5.41, 5.74) is -1.37. The summed E-state index contributed by atoms with van der Waals surface area (Å²) in [6, 6.07) is 5.17. The van der Waals surface area contributed by atoms with E-state index in [0.29, 0.717) is 5.56 Å². The molecule has 2 aromatic rings. The first-order chi connectivity index (χ1) is 13.8. The molecule has 9 nitrogen and oxygen atoms in total. The number of hydrogen-bond acceptors (Lipinski definition) is 8. The van der Waals surface area contributed by atoms with Gasteiger partial charge in [0.25, 0.3) is 0 Å². The van der Waals surface area contributed by atoms with Gasteiger partial charge in [-0.1, -0.05) is 12.1 Å². The molecule has 0 bridgehead atoms. The summed E-state index contributed by atoms with van der Waals surface area (Å²) in [6.45, 7) is -0.184. The van der Waals surface area contributed by atoms with Crippen LogP contribution in [0.3, 0.4) is 0 Å². The zero-order chi connectivity index (χ0) is 21.7. The summed E-state index contributed by atoms with van der Waals surface area (Å²) in [5.74, 6) is -4.63. The molecule has 0 radical (unpaired) electrons. The Morgan fingerprint density at radius 2 is 1.10 bits per heavy atom. The molecule has 1 aromatic heterocycles. The molecule has 0 spiro atoms. The molecule has 0 atom stereocenters. The van der Waals surface area contributed by atoms with Crippen LogP contribution >= 0.6 is 0 Å². The van der Waals surface area contributed by atoms with E-state index < -0.39 is 52.2 Å². The molecular formula is C19H18FNO8. The van der Waals surface area contributed by atoms with Crippen molar-refractivity contribution in [3.8, 4) is 0 Å². The van der Waals surface area contributed by atoms with E-state index in [1.54, 1.807) is 0 Å². The first-order valence-corrected chi connectivity index (χ1v) is 8.14. The van der Waals surface area contributed by atoms with Gasteiger partial charge < -0.3 is 23.5 Å². The Morgan fingerprint density at radius 3 is 1.45 bits per heavy atom. The van der Waals surface area contributed by atoms with Crippen LogP contribution in [0, 0.1) is 5.82 Å². The van der Waals surface area contributed by atoms with Crippen LogP contribution in [0.1, 0.15) is 47.3 Å². The number of carbonyl (C=O) groups excluding carboxylic acids is 4. The Labute approximate surface area is 164 Å². The topological polar surface area (TPSA) is 110 Å². The van der Waals surface area contributed by atoms with Crippen LogP contribution in [0.5, 0.6) is 0 Å². The van der Waals surface area contributed by atoms with Crippen molar-refractivity contribution >= 4 is 23.9 Å². The molecule has 0 unspecified atom stereocenters. The predicted molar refractivity (Wildman–Crippen MR) is 95.3 cm³/mol. The molecule has 2 rings (SSSR count). The Morgan fingerprint density at radius 1 is 0.724 bits per heavy atom. The van der Waals surface area contributed by atoms with E-state index in [1.807, 2.05) is 0 Å². The van der Waals surface area contributed by atoms with E-state index in [2.05, 4.69) is 9.47 Å². The van der Waals surface area contributed by atoms with Crippen LogP contribution in [-0.4, -0.2) is 56.9 Å². The molecule has 0 amide bonds. The lowest BCUT2D eigenvalue weighted by atomic mass is 10.1. The van der Waals surface area contributed by atoms with E-state index in [4.69, 9.17) is 9.47 Å². The minimum Gasteiger partial charge on any atom is -0.465 e. The van der Waals surface area contributed by atoms with Crippen LogP contribution in [0.2, 0.25) is 0 Å². The fraction of sp³-hybridized carbons (Fsp3) is 0.263. The average Bonchev–Trinajstić information content (AvgIpc) is 3.07. The summed E-state index contributed by atoms with van der Waals surface area (Å²) in [6.07, 6.45) is 0. The third-order valence-electron chi connectivity index (χ3n) is 4.05. The average molecular weight is 407 g/mol. The van der Waals surface area contributed by atoms with Gasteiger partial charge in [-0.2, -0.15) is 0 Å². The lowest BCUT2D eigenvalue weighted by Crippen LogP contribution is -2.19. The second kappa shape index (κ2) is 9.00. The fourth-order valence-electron chi connectivity index (χ4n) is 2.77. The Bertz CT molecular complexity index is 908. The first-order valence-electron chi connectivity index (χ1n) is 8.14. The Hall–Kier alpha value is -3.69. The van der Waals surface area contributed by atoms with Gasteiger partial charge in [0.15, 0.2) is 0 Å². The number of methoxy groups -OCH3 is 4. The van der Waals surface area contributed by atoms with E-state index in [1.165, 1.54) is 24.3 Å². The third-order valence-corrected chi connectivity index (χ3v) is 4.05. The number of benzene rings is 1. The highest BCUT2D eigenvalue weighted by Gasteiger charge is 2.39. The summed E-state index contributed by atoms with van der Waals surface area (Å²) in [4.78, 5) is 49.8. The molecule has 1 aromatic carbocycles. The third kappa shape index (κ3) is 4.10. The smallest absolute Gasteiger partial charge is 0.355 e. The van der Waals surface area contributed by atoms with Crippen molar-refractivity contribution in [3.05, 3.63) is 58.2 Å². The first kappa shape index (κ1) is 21.6. The van der Waals surface area contributed by atoms with Crippen molar-refractivity contribution in [2.24, 2.45) is 0 Å². The molecule has 10 heteroatoms. The van der Waals surface area contributed by atoms with Gasteiger partial charge in [0.2, 0.25) is 0 Å². The molecule has 0 fully saturated rings. The number of esters is 4. The van der Waals surface area contributed by atoms with Gasteiger partial charge in [0.1, 0.15) is 28.3 Å². The van der Waals surface area contributed by atoms with Crippen molar-refractivity contribution in [1.82, 2.24) is 4.57 Å². The molecule has 0 aliphatic carbocycles. The molecule has 0 N–H and O–H groups in total. The van der Waals surface area contributed by atoms with E-state index in [0.717, 1.165) is 33.0 Å². The summed E-state index contributed by atoms with van der Waals surface area (Å²) in [5, 5.41) is 0. The highest BCUT2D eigenvalue weighted by Crippen LogP contribution is 2.28. The van der Waals surface area contributed by atoms with E-state index >= 15 is 0 Å². The standard InChI is InChI=1S/C19H18FNO8/c1-26-16(22)12-13(17(23)27-2)15(19(25)29-4)21(14(12)18(24)28-3)9-10-5-7-11(20)8-6-10/h5-8H,9H2,1-4H3. The van der Waals surface area contributed by atoms with Gasteiger partial charge in [-0.3, -0.25) is 0 Å². The van der Waals surface area contributed by atoms with Gasteiger partial charge in [0.05, 0.1) is 28.4 Å². The van der Waals surface area contributed by atoms with Crippen LogP contribution < -0.4 is 0 Å². The molecule has 0 saturated carbocycles. The highest BCUT2D eigenvalue weighted by atomic mass is 19.1. The Kier molecular flexibility index (Phi) is 6.71. The quantitative estimate of drug-likeness (QED) is 0.527. The van der Waals surface area contributed by atoms with E-state index in [9.17, 15) is 23.6 Å². The molecule has 29 heavy (non-hydrogen) atoms. The van der Waals surface area contributed by atoms with Crippen molar-refractivity contribution in [1.29, 1.82) is 0 Å². The number of rotatable bonds is 6. The molecule has 154 valence electrons. The van der Waals surface area contributed by atoms with Crippen LogP contribution in [0.4, 0.5) is 4.39 Å². The zero-order valence-corrected chi connectivity index (χ0v) is 16.1. The maximum Gasteiger partial charge on any atom is 0.355 e. The van der Waals surface area contributed by atoms with Crippen molar-refractivity contribution in [2.45, 2.75) is 6.54 Å². The van der Waals surface area contributed by atoms with Crippen LogP contribution in [0.15, 0.2) is 24.3 Å². The fourth-order valence-corrected chi connectivity index (χ4v) is 2.77. The molecule has 1 heterocycles. The minimum atomic E-state index is -1.06. The van der Waals surface area contributed by atoms with Gasteiger partial charge in [-0.25, -0.2) is 23.6 Å². The number of carbonyl (C=O) groups is 4. The molecule has 0 saturated heterocycles. The molecular weight excluding hydrogens is 389 g/mol. The minimum absolute atomic E-state index is 0.184. The van der Waals surface area contributed by atoms with Gasteiger partial charge >= 0.3 is 23.9 Å². The van der Waals surface area contributed by atoms with Crippen molar-refractivity contribution in [3.63, 3.8) is 0 Å². The van der Waals surface area contributed by atoms with Gasteiger partial charge in [-0.15, -0.1) is 0 Å². The highest BCUT2D eigenvalue weighted by molar-refractivity contribution is 6.15. The number of ether oxygens (including phenoxy) is 4. The normalized spacial score (nSPS) is 10.2. The molecule has 0 aliphatic rings. The molecule has 0 aliphatic heterocycles. The largest absolute Gasteiger partial charge is 0.465 e. The summed E-state index contributed by atoms with van der Waals surface area (Å²) >= 11 is 0. The van der Waals surface area contributed by atoms with E-state index in [-0.39, 0.29) is 6.54 Å².